The van der Waals surface area contributed by atoms with Crippen molar-refractivity contribution in [2.45, 2.75) is 12.5 Å². The highest BCUT2D eigenvalue weighted by Gasteiger charge is 2.33. The summed E-state index contributed by atoms with van der Waals surface area (Å²) in [5.74, 6) is -0.517. The van der Waals surface area contributed by atoms with E-state index < -0.39 is 11.4 Å². The predicted molar refractivity (Wildman–Crippen MR) is 80.9 cm³/mol. The summed E-state index contributed by atoms with van der Waals surface area (Å²) in [5, 5.41) is 3.92. The van der Waals surface area contributed by atoms with Gasteiger partial charge in [0.15, 0.2) is 0 Å². The second-order valence-electron chi connectivity index (χ2n) is 4.48. The van der Waals surface area contributed by atoms with Crippen LogP contribution in [0.15, 0.2) is 42.7 Å². The predicted octanol–water partition coefficient (Wildman–Crippen LogP) is 3.20. The number of primary amides is 1. The Bertz CT molecular complexity index is 634. The maximum atomic E-state index is 11.9. The molecular formula is C14H13Cl2N3O. The van der Waals surface area contributed by atoms with Crippen LogP contribution in [0.25, 0.3) is 0 Å². The first kappa shape index (κ1) is 14.6. The van der Waals surface area contributed by atoms with Crippen molar-refractivity contribution in [3.63, 3.8) is 0 Å². The van der Waals surface area contributed by atoms with Crippen LogP contribution in [-0.4, -0.2) is 10.9 Å². The fourth-order valence-corrected chi connectivity index (χ4v) is 2.10. The van der Waals surface area contributed by atoms with E-state index in [1.807, 2.05) is 0 Å². The summed E-state index contributed by atoms with van der Waals surface area (Å²) >= 11 is 11.8. The fraction of sp³-hybridized carbons (Fsp3) is 0.143. The molecule has 4 nitrogen and oxygen atoms in total. The largest absolute Gasteiger partial charge is 0.368 e. The minimum Gasteiger partial charge on any atom is -0.368 e. The summed E-state index contributed by atoms with van der Waals surface area (Å²) in [7, 11) is 0. The van der Waals surface area contributed by atoms with E-state index in [0.29, 0.717) is 21.3 Å². The molecule has 0 saturated heterocycles. The average molecular weight is 310 g/mol. The Kier molecular flexibility index (Phi) is 4.16. The molecule has 1 heterocycles. The highest BCUT2D eigenvalue weighted by atomic mass is 35.5. The van der Waals surface area contributed by atoms with Crippen molar-refractivity contribution in [1.29, 1.82) is 0 Å². The number of halogens is 2. The van der Waals surface area contributed by atoms with Crippen LogP contribution in [0.3, 0.4) is 0 Å². The molecule has 2 aromatic rings. The molecule has 6 heteroatoms. The lowest BCUT2D eigenvalue weighted by Crippen LogP contribution is -2.45. The second-order valence-corrected chi connectivity index (χ2v) is 5.30. The highest BCUT2D eigenvalue weighted by molar-refractivity contribution is 6.42. The van der Waals surface area contributed by atoms with Gasteiger partial charge in [0, 0.05) is 23.6 Å². The zero-order chi connectivity index (χ0) is 14.8. The summed E-state index contributed by atoms with van der Waals surface area (Å²) in [5.41, 5.74) is 5.75. The Morgan fingerprint density at radius 3 is 2.60 bits per heavy atom. The molecule has 1 atom stereocenters. The van der Waals surface area contributed by atoms with Crippen LogP contribution in [-0.2, 0) is 10.3 Å². The standard InChI is InChI=1S/C14H13Cl2N3O/c1-14(13(17)20,9-3-2-6-18-8-9)19-10-4-5-11(15)12(16)7-10/h2-8,19H,1H3,(H2,17,20). The number of benzene rings is 1. The van der Waals surface area contributed by atoms with Crippen LogP contribution >= 0.6 is 23.2 Å². The molecular weight excluding hydrogens is 297 g/mol. The minimum absolute atomic E-state index is 0.398. The van der Waals surface area contributed by atoms with Crippen molar-refractivity contribution in [2.75, 3.05) is 5.32 Å². The fourth-order valence-electron chi connectivity index (χ4n) is 1.80. The van der Waals surface area contributed by atoms with Gasteiger partial charge < -0.3 is 11.1 Å². The Morgan fingerprint density at radius 1 is 1.30 bits per heavy atom. The Hall–Kier alpha value is -1.78. The van der Waals surface area contributed by atoms with E-state index in [1.54, 1.807) is 49.6 Å². The summed E-state index contributed by atoms with van der Waals surface area (Å²) < 4.78 is 0. The first-order chi connectivity index (χ1) is 9.43. The van der Waals surface area contributed by atoms with Gasteiger partial charge in [0.2, 0.25) is 5.91 Å². The van der Waals surface area contributed by atoms with E-state index >= 15 is 0 Å². The maximum absolute atomic E-state index is 11.9. The number of pyridine rings is 1. The molecule has 1 unspecified atom stereocenters. The van der Waals surface area contributed by atoms with Crippen LogP contribution in [0.5, 0.6) is 0 Å². The number of hydrogen-bond donors (Lipinski definition) is 2. The number of nitrogens with zero attached hydrogens (tertiary/aromatic N) is 1. The number of anilines is 1. The van der Waals surface area contributed by atoms with E-state index in [1.165, 1.54) is 0 Å². The molecule has 0 radical (unpaired) electrons. The van der Waals surface area contributed by atoms with Crippen molar-refractivity contribution < 1.29 is 4.79 Å². The highest BCUT2D eigenvalue weighted by Crippen LogP contribution is 2.30. The van der Waals surface area contributed by atoms with E-state index in [9.17, 15) is 4.79 Å². The number of nitrogens with two attached hydrogens (primary N) is 1. The van der Waals surface area contributed by atoms with Gasteiger partial charge in [-0.1, -0.05) is 29.3 Å². The van der Waals surface area contributed by atoms with Gasteiger partial charge in [-0.25, -0.2) is 0 Å². The van der Waals surface area contributed by atoms with Gasteiger partial charge in [-0.2, -0.15) is 0 Å². The van der Waals surface area contributed by atoms with Crippen molar-refractivity contribution in [3.05, 3.63) is 58.3 Å². The topological polar surface area (TPSA) is 68.0 Å². The second kappa shape index (κ2) is 5.69. The monoisotopic (exact) mass is 309 g/mol. The van der Waals surface area contributed by atoms with E-state index in [4.69, 9.17) is 28.9 Å². The summed E-state index contributed by atoms with van der Waals surface area (Å²) in [6.07, 6.45) is 3.22. The maximum Gasteiger partial charge on any atom is 0.247 e. The van der Waals surface area contributed by atoms with Gasteiger partial charge in [0.05, 0.1) is 10.0 Å². The van der Waals surface area contributed by atoms with Crippen LogP contribution in [0.2, 0.25) is 10.0 Å². The number of carbonyl (C=O) groups excluding carboxylic acids is 1. The smallest absolute Gasteiger partial charge is 0.247 e. The molecule has 0 saturated carbocycles. The molecule has 0 aliphatic heterocycles. The number of rotatable bonds is 4. The van der Waals surface area contributed by atoms with Crippen LogP contribution < -0.4 is 11.1 Å². The molecule has 0 aliphatic rings. The lowest BCUT2D eigenvalue weighted by atomic mass is 9.92. The van der Waals surface area contributed by atoms with Gasteiger partial charge in [0.25, 0.3) is 0 Å². The molecule has 1 aromatic heterocycles. The van der Waals surface area contributed by atoms with Crippen LogP contribution in [0.1, 0.15) is 12.5 Å². The van der Waals surface area contributed by atoms with E-state index in [-0.39, 0.29) is 0 Å². The molecule has 3 N–H and O–H groups in total. The quantitative estimate of drug-likeness (QED) is 0.911. The van der Waals surface area contributed by atoms with Gasteiger partial charge in [0.1, 0.15) is 5.54 Å². The molecule has 0 spiro atoms. The average Bonchev–Trinajstić information content (AvgIpc) is 2.43. The molecule has 1 amide bonds. The zero-order valence-electron chi connectivity index (χ0n) is 10.7. The zero-order valence-corrected chi connectivity index (χ0v) is 12.2. The van der Waals surface area contributed by atoms with Crippen molar-refractivity contribution in [3.8, 4) is 0 Å². The number of hydrogen-bond acceptors (Lipinski definition) is 3. The van der Waals surface area contributed by atoms with E-state index in [2.05, 4.69) is 10.3 Å². The van der Waals surface area contributed by atoms with Crippen LogP contribution in [0, 0.1) is 0 Å². The summed E-state index contributed by atoms with van der Waals surface area (Å²) in [6.45, 7) is 1.69. The third-order valence-electron chi connectivity index (χ3n) is 3.05. The molecule has 2 rings (SSSR count). The molecule has 1 aromatic carbocycles. The number of nitrogens with one attached hydrogen (secondary N) is 1. The number of amides is 1. The van der Waals surface area contributed by atoms with Crippen LogP contribution in [0.4, 0.5) is 5.69 Å². The lowest BCUT2D eigenvalue weighted by Gasteiger charge is -2.29. The molecule has 0 bridgehead atoms. The van der Waals surface area contributed by atoms with Gasteiger partial charge in [-0.3, -0.25) is 9.78 Å². The Balaban J connectivity index is 2.39. The first-order valence-electron chi connectivity index (χ1n) is 5.87. The molecule has 0 fully saturated rings. The molecule has 20 heavy (non-hydrogen) atoms. The van der Waals surface area contributed by atoms with Gasteiger partial charge in [-0.15, -0.1) is 0 Å². The Labute approximate surface area is 126 Å². The third-order valence-corrected chi connectivity index (χ3v) is 3.78. The summed E-state index contributed by atoms with van der Waals surface area (Å²) in [4.78, 5) is 15.9. The molecule has 0 aliphatic carbocycles. The molecule has 104 valence electrons. The number of aromatic nitrogens is 1. The van der Waals surface area contributed by atoms with Gasteiger partial charge >= 0.3 is 0 Å². The SMILES string of the molecule is CC(Nc1ccc(Cl)c(Cl)c1)(C(N)=O)c1cccnc1. The third kappa shape index (κ3) is 2.86. The Morgan fingerprint density at radius 2 is 2.05 bits per heavy atom. The van der Waals surface area contributed by atoms with E-state index in [0.717, 1.165) is 0 Å². The number of carbonyl (C=O) groups is 1. The van der Waals surface area contributed by atoms with Gasteiger partial charge in [-0.05, 0) is 31.2 Å². The lowest BCUT2D eigenvalue weighted by molar-refractivity contribution is -0.122. The summed E-state index contributed by atoms with van der Waals surface area (Å²) in [6, 6.07) is 8.54. The van der Waals surface area contributed by atoms with Crippen molar-refractivity contribution in [1.82, 2.24) is 4.98 Å². The normalized spacial score (nSPS) is 13.6. The first-order valence-corrected chi connectivity index (χ1v) is 6.63. The van der Waals surface area contributed by atoms with Crippen molar-refractivity contribution in [2.24, 2.45) is 5.73 Å². The minimum atomic E-state index is -1.09. The van der Waals surface area contributed by atoms with Crippen molar-refractivity contribution >= 4 is 34.8 Å².